The van der Waals surface area contributed by atoms with Gasteiger partial charge in [-0.25, -0.2) is 0 Å². The van der Waals surface area contributed by atoms with Gasteiger partial charge < -0.3 is 0 Å². The third-order valence-electron chi connectivity index (χ3n) is 3.63. The van der Waals surface area contributed by atoms with Crippen LogP contribution in [0.2, 0.25) is 0 Å². The molecule has 3 fully saturated rings. The summed E-state index contributed by atoms with van der Waals surface area (Å²) < 4.78 is 0. The van der Waals surface area contributed by atoms with Crippen molar-refractivity contribution < 1.29 is 0 Å². The topological polar surface area (TPSA) is 0 Å². The molecule has 3 aliphatic carbocycles. The minimum atomic E-state index is 1.22. The van der Waals surface area contributed by atoms with Crippen molar-refractivity contribution in [3.63, 3.8) is 0 Å². The first kappa shape index (κ1) is 3.92. The zero-order valence-corrected chi connectivity index (χ0v) is 5.14. The molecular formula is C8H12. The average Bonchev–Trinajstić information content (AvgIpc) is 2.33. The highest BCUT2D eigenvalue weighted by atomic mass is 14.7. The van der Waals surface area contributed by atoms with Gasteiger partial charge in [0.2, 0.25) is 0 Å². The quantitative estimate of drug-likeness (QED) is 0.445. The van der Waals surface area contributed by atoms with E-state index < -0.39 is 0 Å². The van der Waals surface area contributed by atoms with Crippen molar-refractivity contribution in [3.05, 3.63) is 0 Å². The first-order valence-corrected chi connectivity index (χ1v) is 3.97. The van der Waals surface area contributed by atoms with Gasteiger partial charge in [0.1, 0.15) is 0 Å². The van der Waals surface area contributed by atoms with Crippen LogP contribution in [0.25, 0.3) is 0 Å². The van der Waals surface area contributed by atoms with Crippen molar-refractivity contribution in [2.75, 3.05) is 0 Å². The second kappa shape index (κ2) is 0.984. The molecule has 0 amide bonds. The predicted octanol–water partition coefficient (Wildman–Crippen LogP) is 2.05. The summed E-state index contributed by atoms with van der Waals surface area (Å²) in [6.45, 7) is 0. The van der Waals surface area contributed by atoms with Gasteiger partial charge in [-0.05, 0) is 36.5 Å². The van der Waals surface area contributed by atoms with Crippen LogP contribution in [0.4, 0.5) is 0 Å². The summed E-state index contributed by atoms with van der Waals surface area (Å²) in [7, 11) is 0. The van der Waals surface area contributed by atoms with Crippen molar-refractivity contribution in [3.8, 4) is 0 Å². The van der Waals surface area contributed by atoms with Crippen LogP contribution in [-0.4, -0.2) is 0 Å². The molecular weight excluding hydrogens is 96.1 g/mol. The van der Waals surface area contributed by atoms with E-state index in [-0.39, 0.29) is 0 Å². The average molecular weight is 108 g/mol. The first-order chi connectivity index (χ1) is 3.97. The van der Waals surface area contributed by atoms with Gasteiger partial charge in [0.25, 0.3) is 0 Å². The van der Waals surface area contributed by atoms with E-state index in [0.717, 1.165) is 0 Å². The third-order valence-corrected chi connectivity index (χ3v) is 3.63. The minimum absolute atomic E-state index is 1.22. The molecule has 3 saturated carbocycles. The Labute approximate surface area is 50.3 Å². The Balaban J connectivity index is 1.93. The highest BCUT2D eigenvalue weighted by Crippen LogP contribution is 2.70. The molecule has 0 radical (unpaired) electrons. The Morgan fingerprint density at radius 3 is 2.75 bits per heavy atom. The fourth-order valence-corrected chi connectivity index (χ4v) is 3.15. The predicted molar refractivity (Wildman–Crippen MR) is 32.4 cm³/mol. The Morgan fingerprint density at radius 2 is 2.00 bits per heavy atom. The zero-order chi connectivity index (χ0) is 5.14. The van der Waals surface area contributed by atoms with Crippen LogP contribution in [0.5, 0.6) is 0 Å². The summed E-state index contributed by atoms with van der Waals surface area (Å²) in [5.41, 5.74) is 0. The molecule has 0 heterocycles. The van der Waals surface area contributed by atoms with Crippen molar-refractivity contribution in [1.82, 2.24) is 0 Å². The van der Waals surface area contributed by atoms with Gasteiger partial charge in [-0.15, -0.1) is 0 Å². The lowest BCUT2D eigenvalue weighted by Gasteiger charge is -2.25. The molecule has 0 spiro atoms. The lowest BCUT2D eigenvalue weighted by Crippen LogP contribution is -2.16. The van der Waals surface area contributed by atoms with Gasteiger partial charge in [0, 0.05) is 0 Å². The summed E-state index contributed by atoms with van der Waals surface area (Å²) in [6, 6.07) is 0. The zero-order valence-electron chi connectivity index (χ0n) is 5.14. The van der Waals surface area contributed by atoms with Crippen LogP contribution in [0.1, 0.15) is 25.7 Å². The van der Waals surface area contributed by atoms with Gasteiger partial charge in [-0.2, -0.15) is 0 Å². The largest absolute Gasteiger partial charge is 0.0527 e. The lowest BCUT2D eigenvalue weighted by molar-refractivity contribution is 0.252. The summed E-state index contributed by atoms with van der Waals surface area (Å²) in [5, 5.41) is 0. The highest BCUT2D eigenvalue weighted by molar-refractivity contribution is 5.11. The van der Waals surface area contributed by atoms with Crippen LogP contribution in [0, 0.1) is 23.7 Å². The second-order valence-corrected chi connectivity index (χ2v) is 3.83. The Bertz CT molecular complexity index is 114. The van der Waals surface area contributed by atoms with Gasteiger partial charge in [0.15, 0.2) is 0 Å². The molecule has 0 N–H and O–H groups in total. The highest BCUT2D eigenvalue weighted by Gasteiger charge is 2.63. The van der Waals surface area contributed by atoms with Crippen LogP contribution in [0.3, 0.4) is 0 Å². The van der Waals surface area contributed by atoms with Gasteiger partial charge in [-0.1, -0.05) is 12.8 Å². The fourth-order valence-electron chi connectivity index (χ4n) is 3.15. The van der Waals surface area contributed by atoms with Crippen LogP contribution >= 0.6 is 0 Å². The molecule has 4 atom stereocenters. The number of hydrogen-bond acceptors (Lipinski definition) is 0. The molecule has 0 aromatic rings. The third kappa shape index (κ3) is 0.260. The molecule has 0 heteroatoms. The van der Waals surface area contributed by atoms with E-state index in [0.29, 0.717) is 0 Å². The molecule has 8 heavy (non-hydrogen) atoms. The summed E-state index contributed by atoms with van der Waals surface area (Å²) in [4.78, 5) is 0. The molecule has 0 nitrogen and oxygen atoms in total. The molecule has 3 rings (SSSR count). The van der Waals surface area contributed by atoms with Crippen molar-refractivity contribution in [2.24, 2.45) is 23.7 Å². The minimum Gasteiger partial charge on any atom is -0.0527 e. The molecule has 0 bridgehead atoms. The van der Waals surface area contributed by atoms with E-state index in [4.69, 9.17) is 0 Å². The molecule has 0 unspecified atom stereocenters. The first-order valence-electron chi connectivity index (χ1n) is 3.97. The van der Waals surface area contributed by atoms with Gasteiger partial charge in [0.05, 0.1) is 0 Å². The normalized spacial score (nSPS) is 66.0. The van der Waals surface area contributed by atoms with E-state index in [2.05, 4.69) is 0 Å². The van der Waals surface area contributed by atoms with Crippen molar-refractivity contribution in [1.29, 1.82) is 0 Å². The van der Waals surface area contributed by atoms with Gasteiger partial charge >= 0.3 is 0 Å². The Kier molecular flexibility index (Phi) is 0.482. The maximum Gasteiger partial charge on any atom is -0.0323 e. The van der Waals surface area contributed by atoms with E-state index in [1.807, 2.05) is 0 Å². The van der Waals surface area contributed by atoms with Crippen molar-refractivity contribution in [2.45, 2.75) is 25.7 Å². The molecule has 3 aliphatic rings. The second-order valence-electron chi connectivity index (χ2n) is 3.83. The van der Waals surface area contributed by atoms with E-state index in [9.17, 15) is 0 Å². The van der Waals surface area contributed by atoms with Crippen molar-refractivity contribution >= 4 is 0 Å². The number of hydrogen-bond donors (Lipinski definition) is 0. The monoisotopic (exact) mass is 108 g/mol. The summed E-state index contributed by atoms with van der Waals surface area (Å²) in [6.07, 6.45) is 6.35. The van der Waals surface area contributed by atoms with E-state index in [1.165, 1.54) is 23.7 Å². The lowest BCUT2D eigenvalue weighted by atomic mass is 9.81. The summed E-state index contributed by atoms with van der Waals surface area (Å²) in [5.74, 6) is 4.98. The number of rotatable bonds is 0. The molecule has 0 aromatic carbocycles. The van der Waals surface area contributed by atoms with Crippen LogP contribution in [0.15, 0.2) is 0 Å². The smallest absolute Gasteiger partial charge is 0.0323 e. The van der Waals surface area contributed by atoms with E-state index >= 15 is 0 Å². The maximum atomic E-state index is 1.62. The summed E-state index contributed by atoms with van der Waals surface area (Å²) >= 11 is 0. The Morgan fingerprint density at radius 1 is 1.00 bits per heavy atom. The molecule has 0 aliphatic heterocycles. The fraction of sp³-hybridized carbons (Fsp3) is 1.00. The number of fused-ring (bicyclic) bond motifs is 1. The SMILES string of the molecule is C1C[C@@H]2C[C@@H]3[C@H](C1)[C@H]23. The molecule has 0 saturated heterocycles. The standard InChI is InChI=1S/C8H12/c1-2-5-4-7-6(3-1)8(5)7/h5-8H,1-4H2/t5-,6+,7-,8+/m1/s1. The van der Waals surface area contributed by atoms with Gasteiger partial charge in [-0.3, -0.25) is 0 Å². The molecule has 44 valence electrons. The van der Waals surface area contributed by atoms with Crippen LogP contribution in [-0.2, 0) is 0 Å². The maximum absolute atomic E-state index is 1.62. The van der Waals surface area contributed by atoms with E-state index in [1.54, 1.807) is 25.7 Å². The molecule has 0 aromatic heterocycles. The van der Waals surface area contributed by atoms with Crippen LogP contribution < -0.4 is 0 Å². The Hall–Kier alpha value is 0.